The van der Waals surface area contributed by atoms with Crippen LogP contribution in [-0.4, -0.2) is 60.1 Å². The third-order valence-electron chi connectivity index (χ3n) is 3.68. The van der Waals surface area contributed by atoms with Crippen LogP contribution in [0, 0.1) is 0 Å². The Morgan fingerprint density at radius 1 is 1.33 bits per heavy atom. The molecule has 0 spiro atoms. The summed E-state index contributed by atoms with van der Waals surface area (Å²) in [5.41, 5.74) is 0.428. The van der Waals surface area contributed by atoms with Gasteiger partial charge >= 0.3 is 0 Å². The van der Waals surface area contributed by atoms with Gasteiger partial charge in [0.25, 0.3) is 0 Å². The van der Waals surface area contributed by atoms with Gasteiger partial charge in [0.15, 0.2) is 0 Å². The van der Waals surface area contributed by atoms with E-state index in [1.54, 1.807) is 0 Å². The van der Waals surface area contributed by atoms with Gasteiger partial charge in [-0.1, -0.05) is 0 Å². The van der Waals surface area contributed by atoms with Crippen molar-refractivity contribution in [2.75, 3.05) is 43.7 Å². The van der Waals surface area contributed by atoms with Gasteiger partial charge in [0.05, 0.1) is 0 Å². The summed E-state index contributed by atoms with van der Waals surface area (Å²) < 4.78 is 0. The van der Waals surface area contributed by atoms with Crippen molar-refractivity contribution in [2.24, 2.45) is 0 Å². The normalized spacial score (nSPS) is 36.6. The number of rotatable bonds is 4. The van der Waals surface area contributed by atoms with Crippen LogP contribution in [0.15, 0.2) is 0 Å². The summed E-state index contributed by atoms with van der Waals surface area (Å²) >= 11 is 4.20. The van der Waals surface area contributed by atoms with Crippen molar-refractivity contribution in [3.05, 3.63) is 0 Å². The van der Waals surface area contributed by atoms with Gasteiger partial charge in [0.1, 0.15) is 0 Å². The first-order chi connectivity index (χ1) is 7.23. The minimum Gasteiger partial charge on any atom is -0.311 e. The van der Waals surface area contributed by atoms with E-state index in [4.69, 9.17) is 0 Å². The number of thioether (sulfide) groups is 2. The molecule has 0 radical (unpaired) electrons. The molecule has 0 aliphatic carbocycles. The molecule has 2 nitrogen and oxygen atoms in total. The summed E-state index contributed by atoms with van der Waals surface area (Å²) in [4.78, 5) is 2.43. The lowest BCUT2D eigenvalue weighted by Crippen LogP contribution is -2.53. The molecule has 15 heavy (non-hydrogen) atoms. The average Bonchev–Trinajstić information content (AvgIpc) is 2.87. The van der Waals surface area contributed by atoms with E-state index >= 15 is 0 Å². The summed E-state index contributed by atoms with van der Waals surface area (Å²) in [6.45, 7) is 1.18. The summed E-state index contributed by atoms with van der Waals surface area (Å²) in [6.07, 6.45) is 2.71. The average molecular weight is 246 g/mol. The Balaban J connectivity index is 1.83. The smallest absolute Gasteiger partial charge is 0.0425 e. The zero-order valence-electron chi connectivity index (χ0n) is 9.79. The molecule has 2 saturated heterocycles. The zero-order valence-corrected chi connectivity index (χ0v) is 11.4. The maximum Gasteiger partial charge on any atom is 0.0425 e. The Morgan fingerprint density at radius 3 is 2.73 bits per heavy atom. The molecular weight excluding hydrogens is 224 g/mol. The molecule has 0 aromatic carbocycles. The fraction of sp³-hybridized carbons (Fsp3) is 1.00. The van der Waals surface area contributed by atoms with Crippen molar-refractivity contribution < 1.29 is 0 Å². The van der Waals surface area contributed by atoms with E-state index < -0.39 is 0 Å². The number of nitrogens with one attached hydrogen (secondary N) is 1. The van der Waals surface area contributed by atoms with Gasteiger partial charge in [-0.2, -0.15) is 23.5 Å². The second-order valence-electron chi connectivity index (χ2n) is 4.86. The highest BCUT2D eigenvalue weighted by atomic mass is 32.2. The highest BCUT2D eigenvalue weighted by Gasteiger charge is 2.36. The number of nitrogens with zero attached hydrogens (tertiary/aromatic N) is 1. The molecular formula is C11H22N2S2. The number of hydrogen-bond donors (Lipinski definition) is 1. The van der Waals surface area contributed by atoms with E-state index in [9.17, 15) is 0 Å². The first kappa shape index (κ1) is 12.1. The predicted molar refractivity (Wildman–Crippen MR) is 72.1 cm³/mol. The molecule has 0 aromatic heterocycles. The van der Waals surface area contributed by atoms with E-state index in [0.29, 0.717) is 5.54 Å². The van der Waals surface area contributed by atoms with E-state index in [1.165, 1.54) is 42.4 Å². The van der Waals surface area contributed by atoms with Crippen LogP contribution in [0.4, 0.5) is 0 Å². The van der Waals surface area contributed by atoms with Gasteiger partial charge in [0.2, 0.25) is 0 Å². The minimum atomic E-state index is 0.428. The van der Waals surface area contributed by atoms with Crippen LogP contribution in [0.3, 0.4) is 0 Å². The molecule has 88 valence electrons. The summed E-state index contributed by atoms with van der Waals surface area (Å²) in [6, 6.07) is 0.775. The van der Waals surface area contributed by atoms with Gasteiger partial charge in [-0.25, -0.2) is 0 Å². The van der Waals surface area contributed by atoms with Crippen molar-refractivity contribution in [3.8, 4) is 0 Å². The lowest BCUT2D eigenvalue weighted by molar-refractivity contribution is 0.172. The first-order valence-electron chi connectivity index (χ1n) is 5.79. The molecule has 0 aromatic rings. The van der Waals surface area contributed by atoms with Crippen LogP contribution in [-0.2, 0) is 0 Å². The third-order valence-corrected chi connectivity index (χ3v) is 6.08. The fourth-order valence-corrected chi connectivity index (χ4v) is 5.02. The first-order valence-corrected chi connectivity index (χ1v) is 8.10. The highest BCUT2D eigenvalue weighted by Crippen LogP contribution is 2.31. The molecule has 0 saturated carbocycles. The Bertz CT molecular complexity index is 197. The van der Waals surface area contributed by atoms with Crippen LogP contribution in [0.1, 0.15) is 12.8 Å². The fourth-order valence-electron chi connectivity index (χ4n) is 2.28. The second-order valence-corrected chi connectivity index (χ2v) is 7.12. The van der Waals surface area contributed by atoms with Crippen molar-refractivity contribution in [1.29, 1.82) is 0 Å². The topological polar surface area (TPSA) is 15.3 Å². The lowest BCUT2D eigenvalue weighted by atomic mass is 9.97. The summed E-state index contributed by atoms with van der Waals surface area (Å²) in [5, 5.41) is 3.77. The second kappa shape index (κ2) is 5.30. The lowest BCUT2D eigenvalue weighted by Gasteiger charge is -2.36. The zero-order chi connectivity index (χ0) is 10.7. The van der Waals surface area contributed by atoms with Crippen LogP contribution in [0.25, 0.3) is 0 Å². The standard InChI is InChI=1S/C11H22N2S2/c1-13(2)11(4-6-15-9-11)8-12-10-3-5-14-7-10/h10,12H,3-9H2,1-2H3. The predicted octanol–water partition coefficient (Wildman–Crippen LogP) is 1.52. The number of likely N-dealkylation sites (N-methyl/N-ethyl adjacent to an activating group) is 1. The van der Waals surface area contributed by atoms with Crippen molar-refractivity contribution in [2.45, 2.75) is 24.4 Å². The molecule has 2 fully saturated rings. The van der Waals surface area contributed by atoms with Crippen molar-refractivity contribution in [1.82, 2.24) is 10.2 Å². The van der Waals surface area contributed by atoms with Crippen molar-refractivity contribution in [3.63, 3.8) is 0 Å². The minimum absolute atomic E-state index is 0.428. The third kappa shape index (κ3) is 2.84. The highest BCUT2D eigenvalue weighted by molar-refractivity contribution is 7.99. The molecule has 2 rings (SSSR count). The van der Waals surface area contributed by atoms with Gasteiger partial charge in [-0.3, -0.25) is 0 Å². The summed E-state index contributed by atoms with van der Waals surface area (Å²) in [7, 11) is 4.47. The Morgan fingerprint density at radius 2 is 2.20 bits per heavy atom. The van der Waals surface area contributed by atoms with Gasteiger partial charge in [0, 0.05) is 29.6 Å². The van der Waals surface area contributed by atoms with Crippen LogP contribution in [0.2, 0.25) is 0 Å². The maximum absolute atomic E-state index is 3.77. The molecule has 1 N–H and O–H groups in total. The molecule has 0 bridgehead atoms. The SMILES string of the molecule is CN(C)C1(CNC2CCSC2)CCSC1. The van der Waals surface area contributed by atoms with Crippen molar-refractivity contribution >= 4 is 23.5 Å². The van der Waals surface area contributed by atoms with Crippen LogP contribution >= 0.6 is 23.5 Å². The Hall–Kier alpha value is 0.620. The molecule has 2 atom stereocenters. The van der Waals surface area contributed by atoms with Crippen LogP contribution < -0.4 is 5.32 Å². The molecule has 4 heteroatoms. The Labute approximate surface area is 102 Å². The summed E-state index contributed by atoms with van der Waals surface area (Å²) in [5.74, 6) is 5.30. The Kier molecular flexibility index (Phi) is 4.27. The monoisotopic (exact) mass is 246 g/mol. The quantitative estimate of drug-likeness (QED) is 0.808. The molecule has 2 unspecified atom stereocenters. The van der Waals surface area contributed by atoms with E-state index in [2.05, 4.69) is 47.8 Å². The van der Waals surface area contributed by atoms with Gasteiger partial charge in [-0.05, 0) is 38.4 Å². The molecule has 2 heterocycles. The maximum atomic E-state index is 3.77. The number of hydrogen-bond acceptors (Lipinski definition) is 4. The largest absolute Gasteiger partial charge is 0.311 e. The van der Waals surface area contributed by atoms with E-state index in [0.717, 1.165) is 6.04 Å². The van der Waals surface area contributed by atoms with Gasteiger partial charge < -0.3 is 10.2 Å². The van der Waals surface area contributed by atoms with Gasteiger partial charge in [-0.15, -0.1) is 0 Å². The van der Waals surface area contributed by atoms with Crippen LogP contribution in [0.5, 0.6) is 0 Å². The molecule has 2 aliphatic rings. The van der Waals surface area contributed by atoms with E-state index in [1.807, 2.05) is 0 Å². The van der Waals surface area contributed by atoms with E-state index in [-0.39, 0.29) is 0 Å². The molecule has 2 aliphatic heterocycles. The molecule has 0 amide bonds.